The van der Waals surface area contributed by atoms with Gasteiger partial charge in [0.15, 0.2) is 0 Å². The van der Waals surface area contributed by atoms with Crippen LogP contribution in [0.15, 0.2) is 30.3 Å². The topological polar surface area (TPSA) is 29.1 Å². The van der Waals surface area contributed by atoms with Crippen molar-refractivity contribution in [2.75, 3.05) is 0 Å². The Kier molecular flexibility index (Phi) is 7.24. The summed E-state index contributed by atoms with van der Waals surface area (Å²) in [5.41, 5.74) is 1.23. The van der Waals surface area contributed by atoms with Crippen LogP contribution in [-0.4, -0.2) is 11.9 Å². The molecule has 0 radical (unpaired) electrons. The highest BCUT2D eigenvalue weighted by Gasteiger charge is 2.12. The van der Waals surface area contributed by atoms with Crippen molar-refractivity contribution in [1.82, 2.24) is 5.32 Å². The van der Waals surface area contributed by atoms with Gasteiger partial charge in [0.25, 0.3) is 0 Å². The van der Waals surface area contributed by atoms with Crippen molar-refractivity contribution >= 4 is 5.91 Å². The number of unbranched alkanes of at least 4 members (excludes halogenated alkanes) is 2. The van der Waals surface area contributed by atoms with E-state index in [1.807, 2.05) is 18.2 Å². The molecule has 0 fully saturated rings. The minimum atomic E-state index is 0.167. The van der Waals surface area contributed by atoms with Crippen LogP contribution in [0.1, 0.15) is 64.4 Å². The molecule has 1 aromatic carbocycles. The maximum Gasteiger partial charge on any atom is 0.220 e. The van der Waals surface area contributed by atoms with E-state index < -0.39 is 0 Å². The van der Waals surface area contributed by atoms with Gasteiger partial charge in [-0.3, -0.25) is 4.79 Å². The van der Waals surface area contributed by atoms with Gasteiger partial charge >= 0.3 is 0 Å². The largest absolute Gasteiger partial charge is 0.354 e. The Labute approximate surface area is 117 Å². The molecule has 0 saturated carbocycles. The number of rotatable bonds is 8. The zero-order valence-electron chi connectivity index (χ0n) is 12.5. The highest BCUT2D eigenvalue weighted by atomic mass is 16.1. The molecule has 0 bridgehead atoms. The van der Waals surface area contributed by atoms with Gasteiger partial charge in [-0.05, 0) is 24.8 Å². The van der Waals surface area contributed by atoms with Crippen LogP contribution in [-0.2, 0) is 4.79 Å². The maximum absolute atomic E-state index is 12.0. The van der Waals surface area contributed by atoms with E-state index in [1.165, 1.54) is 24.8 Å². The first-order valence-corrected chi connectivity index (χ1v) is 7.47. The fourth-order valence-electron chi connectivity index (χ4n) is 2.28. The third-order valence-electron chi connectivity index (χ3n) is 3.51. The van der Waals surface area contributed by atoms with E-state index in [1.54, 1.807) is 0 Å². The van der Waals surface area contributed by atoms with Crippen LogP contribution in [0.5, 0.6) is 0 Å². The Morgan fingerprint density at radius 3 is 2.47 bits per heavy atom. The minimum absolute atomic E-state index is 0.167. The third-order valence-corrected chi connectivity index (χ3v) is 3.51. The van der Waals surface area contributed by atoms with Gasteiger partial charge in [-0.25, -0.2) is 0 Å². The number of hydrogen-bond acceptors (Lipinski definition) is 1. The Morgan fingerprint density at radius 2 is 1.84 bits per heavy atom. The molecule has 2 heteroatoms. The molecular formula is C17H27NO. The fraction of sp³-hybridized carbons (Fsp3) is 0.588. The van der Waals surface area contributed by atoms with Crippen LogP contribution in [0.25, 0.3) is 0 Å². The van der Waals surface area contributed by atoms with Gasteiger partial charge in [-0.1, -0.05) is 63.4 Å². The molecule has 0 saturated heterocycles. The van der Waals surface area contributed by atoms with Crippen LogP contribution >= 0.6 is 0 Å². The lowest BCUT2D eigenvalue weighted by molar-refractivity contribution is -0.122. The summed E-state index contributed by atoms with van der Waals surface area (Å²) in [6.07, 6.45) is 5.33. The molecule has 2 atom stereocenters. The zero-order chi connectivity index (χ0) is 14.1. The van der Waals surface area contributed by atoms with Crippen LogP contribution < -0.4 is 5.32 Å². The lowest BCUT2D eigenvalue weighted by Gasteiger charge is -2.16. The van der Waals surface area contributed by atoms with Crippen LogP contribution in [0.2, 0.25) is 0 Å². The van der Waals surface area contributed by atoms with Gasteiger partial charge in [0.05, 0.1) is 0 Å². The summed E-state index contributed by atoms with van der Waals surface area (Å²) in [4.78, 5) is 12.0. The molecule has 2 nitrogen and oxygen atoms in total. The first kappa shape index (κ1) is 15.7. The predicted molar refractivity (Wildman–Crippen MR) is 81.2 cm³/mol. The Bertz CT molecular complexity index is 361. The average molecular weight is 261 g/mol. The summed E-state index contributed by atoms with van der Waals surface area (Å²) < 4.78 is 0. The monoisotopic (exact) mass is 261 g/mol. The Morgan fingerprint density at radius 1 is 1.16 bits per heavy atom. The lowest BCUT2D eigenvalue weighted by atomic mass is 9.97. The molecule has 1 N–H and O–H groups in total. The summed E-state index contributed by atoms with van der Waals surface area (Å²) in [6, 6.07) is 10.5. The molecule has 0 aliphatic carbocycles. The summed E-state index contributed by atoms with van der Waals surface area (Å²) in [6.45, 7) is 6.40. The molecule has 0 heterocycles. The molecule has 106 valence electrons. The third kappa shape index (κ3) is 6.42. The number of carbonyl (C=O) groups is 1. The van der Waals surface area contributed by atoms with Crippen molar-refractivity contribution in [2.24, 2.45) is 0 Å². The van der Waals surface area contributed by atoms with Crippen molar-refractivity contribution in [2.45, 2.75) is 64.8 Å². The van der Waals surface area contributed by atoms with Crippen molar-refractivity contribution in [3.8, 4) is 0 Å². The molecule has 0 aromatic heterocycles. The van der Waals surface area contributed by atoms with Crippen molar-refractivity contribution in [3.05, 3.63) is 35.9 Å². The van der Waals surface area contributed by atoms with Crippen LogP contribution in [0, 0.1) is 0 Å². The molecular weight excluding hydrogens is 234 g/mol. The SMILES string of the molecule is CCCCCC(C)NC(=O)CC(C)c1ccccc1. The number of benzene rings is 1. The van der Waals surface area contributed by atoms with Crippen LogP contribution in [0.3, 0.4) is 0 Å². The van der Waals surface area contributed by atoms with Gasteiger partial charge < -0.3 is 5.32 Å². The number of carbonyl (C=O) groups excluding carboxylic acids is 1. The first-order chi connectivity index (χ1) is 9.13. The molecule has 0 aliphatic heterocycles. The molecule has 1 amide bonds. The highest BCUT2D eigenvalue weighted by Crippen LogP contribution is 2.18. The van der Waals surface area contributed by atoms with Gasteiger partial charge in [0.1, 0.15) is 0 Å². The summed E-state index contributed by atoms with van der Waals surface area (Å²) in [5.74, 6) is 0.449. The zero-order valence-corrected chi connectivity index (χ0v) is 12.5. The standard InChI is InChI=1S/C17H27NO/c1-4-5-7-10-15(3)18-17(19)13-14(2)16-11-8-6-9-12-16/h6,8-9,11-12,14-15H,4-5,7,10,13H2,1-3H3,(H,18,19). The first-order valence-electron chi connectivity index (χ1n) is 7.47. The van der Waals surface area contributed by atoms with Crippen molar-refractivity contribution in [1.29, 1.82) is 0 Å². The average Bonchev–Trinajstić information content (AvgIpc) is 2.39. The minimum Gasteiger partial charge on any atom is -0.354 e. The highest BCUT2D eigenvalue weighted by molar-refractivity contribution is 5.77. The lowest BCUT2D eigenvalue weighted by Crippen LogP contribution is -2.33. The number of nitrogens with one attached hydrogen (secondary N) is 1. The van der Waals surface area contributed by atoms with E-state index in [0.29, 0.717) is 12.5 Å². The van der Waals surface area contributed by atoms with E-state index >= 15 is 0 Å². The predicted octanol–water partition coefficient (Wildman–Crippen LogP) is 4.27. The molecule has 1 rings (SSSR count). The second kappa shape index (κ2) is 8.73. The number of amides is 1. The molecule has 0 aliphatic rings. The quantitative estimate of drug-likeness (QED) is 0.696. The van der Waals surface area contributed by atoms with E-state index in [9.17, 15) is 4.79 Å². The molecule has 1 aromatic rings. The summed E-state index contributed by atoms with van der Waals surface area (Å²) in [7, 11) is 0. The Hall–Kier alpha value is -1.31. The number of hydrogen-bond donors (Lipinski definition) is 1. The molecule has 2 unspecified atom stereocenters. The van der Waals surface area contributed by atoms with Gasteiger partial charge in [0.2, 0.25) is 5.91 Å². The van der Waals surface area contributed by atoms with Crippen molar-refractivity contribution in [3.63, 3.8) is 0 Å². The summed E-state index contributed by atoms with van der Waals surface area (Å²) in [5, 5.41) is 3.10. The van der Waals surface area contributed by atoms with Crippen molar-refractivity contribution < 1.29 is 4.79 Å². The normalized spacial score (nSPS) is 13.8. The second-order valence-electron chi connectivity index (χ2n) is 5.48. The molecule has 0 spiro atoms. The van der Waals surface area contributed by atoms with Gasteiger partial charge in [0, 0.05) is 12.5 Å². The fourth-order valence-corrected chi connectivity index (χ4v) is 2.28. The van der Waals surface area contributed by atoms with Crippen LogP contribution in [0.4, 0.5) is 0 Å². The van der Waals surface area contributed by atoms with Gasteiger partial charge in [-0.15, -0.1) is 0 Å². The van der Waals surface area contributed by atoms with E-state index in [2.05, 4.69) is 38.2 Å². The van der Waals surface area contributed by atoms with E-state index in [-0.39, 0.29) is 11.8 Å². The maximum atomic E-state index is 12.0. The second-order valence-corrected chi connectivity index (χ2v) is 5.48. The summed E-state index contributed by atoms with van der Waals surface area (Å²) >= 11 is 0. The smallest absolute Gasteiger partial charge is 0.220 e. The van der Waals surface area contributed by atoms with Gasteiger partial charge in [-0.2, -0.15) is 0 Å². The Balaban J connectivity index is 2.30. The van der Waals surface area contributed by atoms with E-state index in [4.69, 9.17) is 0 Å². The molecule has 19 heavy (non-hydrogen) atoms. The van der Waals surface area contributed by atoms with E-state index in [0.717, 1.165) is 6.42 Å².